The Kier molecular flexibility index (Phi) is 1.81. The van der Waals surface area contributed by atoms with E-state index in [-0.39, 0.29) is 12.2 Å². The van der Waals surface area contributed by atoms with Gasteiger partial charge in [0.05, 0.1) is 24.4 Å². The van der Waals surface area contributed by atoms with Crippen molar-refractivity contribution in [3.63, 3.8) is 0 Å². The number of carbonyl (C=O) groups is 1. The summed E-state index contributed by atoms with van der Waals surface area (Å²) in [7, 11) is 0. The van der Waals surface area contributed by atoms with E-state index in [1.807, 2.05) is 0 Å². The van der Waals surface area contributed by atoms with Gasteiger partial charge in [0.25, 0.3) is 0 Å². The van der Waals surface area contributed by atoms with Crippen LogP contribution in [0.1, 0.15) is 25.7 Å². The van der Waals surface area contributed by atoms with Gasteiger partial charge in [-0.2, -0.15) is 0 Å². The van der Waals surface area contributed by atoms with Gasteiger partial charge in [0, 0.05) is 11.8 Å². The minimum absolute atomic E-state index is 0.0276. The van der Waals surface area contributed by atoms with Gasteiger partial charge in [0.2, 0.25) is 0 Å². The van der Waals surface area contributed by atoms with Crippen LogP contribution in [-0.4, -0.2) is 42.8 Å². The summed E-state index contributed by atoms with van der Waals surface area (Å²) in [5, 5.41) is 0. The molecule has 0 radical (unpaired) electrons. The van der Waals surface area contributed by atoms with Crippen molar-refractivity contribution in [2.45, 2.75) is 62.3 Å². The van der Waals surface area contributed by atoms with Gasteiger partial charge < -0.3 is 18.9 Å². The molecule has 10 unspecified atom stereocenters. The van der Waals surface area contributed by atoms with Crippen LogP contribution in [0.2, 0.25) is 0 Å². The lowest BCUT2D eigenvalue weighted by atomic mass is 9.97. The summed E-state index contributed by atoms with van der Waals surface area (Å²) in [5.41, 5.74) is 0. The molecule has 0 aromatic carbocycles. The molecule has 108 valence electrons. The van der Waals surface area contributed by atoms with Crippen molar-refractivity contribution in [2.24, 2.45) is 23.7 Å². The fourth-order valence-electron chi connectivity index (χ4n) is 5.64. The van der Waals surface area contributed by atoms with Crippen LogP contribution in [0.25, 0.3) is 0 Å². The number of hydrogen-bond acceptors (Lipinski definition) is 5. The Morgan fingerprint density at radius 1 is 0.750 bits per heavy atom. The van der Waals surface area contributed by atoms with Crippen molar-refractivity contribution in [3.8, 4) is 0 Å². The van der Waals surface area contributed by atoms with Crippen molar-refractivity contribution >= 4 is 6.16 Å². The molecule has 0 amide bonds. The molecule has 6 aliphatic rings. The van der Waals surface area contributed by atoms with Gasteiger partial charge in [-0.3, -0.25) is 0 Å². The Morgan fingerprint density at radius 3 is 1.65 bits per heavy atom. The molecule has 20 heavy (non-hydrogen) atoms. The minimum atomic E-state index is -0.463. The maximum Gasteiger partial charge on any atom is 0.508 e. The van der Waals surface area contributed by atoms with Gasteiger partial charge in [0.1, 0.15) is 12.2 Å². The topological polar surface area (TPSA) is 60.6 Å². The minimum Gasteiger partial charge on any atom is -0.431 e. The first kappa shape index (κ1) is 10.9. The Labute approximate surface area is 116 Å². The van der Waals surface area contributed by atoms with E-state index in [4.69, 9.17) is 18.9 Å². The Bertz CT molecular complexity index is 451. The maximum absolute atomic E-state index is 12.0. The predicted molar refractivity (Wildman–Crippen MR) is 64.9 cm³/mol. The van der Waals surface area contributed by atoms with E-state index in [9.17, 15) is 4.79 Å². The highest BCUT2D eigenvalue weighted by molar-refractivity contribution is 5.60. The summed E-state index contributed by atoms with van der Waals surface area (Å²) < 4.78 is 22.4. The number of hydrogen-bond donors (Lipinski definition) is 0. The van der Waals surface area contributed by atoms with Crippen LogP contribution in [0, 0.1) is 23.7 Å². The molecule has 0 spiro atoms. The van der Waals surface area contributed by atoms with E-state index >= 15 is 0 Å². The third-order valence-electron chi connectivity index (χ3n) is 6.57. The molecule has 2 heterocycles. The van der Waals surface area contributed by atoms with Crippen LogP contribution in [0.15, 0.2) is 0 Å². The summed E-state index contributed by atoms with van der Waals surface area (Å²) in [6, 6.07) is 0. The molecule has 0 N–H and O–H groups in total. The first-order valence-corrected chi connectivity index (χ1v) is 7.96. The van der Waals surface area contributed by atoms with Crippen LogP contribution < -0.4 is 0 Å². The average Bonchev–Trinajstić information content (AvgIpc) is 3.27. The number of epoxide rings is 2. The average molecular weight is 278 g/mol. The van der Waals surface area contributed by atoms with Gasteiger partial charge in [-0.05, 0) is 37.5 Å². The molecular formula is C15H18O5. The second kappa shape index (κ2) is 3.33. The Morgan fingerprint density at radius 2 is 1.25 bits per heavy atom. The predicted octanol–water partition coefficient (Wildman–Crippen LogP) is 1.49. The third-order valence-corrected chi connectivity index (χ3v) is 6.57. The van der Waals surface area contributed by atoms with E-state index in [0.717, 1.165) is 12.8 Å². The quantitative estimate of drug-likeness (QED) is 0.566. The number of ether oxygens (including phenoxy) is 4. The van der Waals surface area contributed by atoms with Crippen LogP contribution in [-0.2, 0) is 18.9 Å². The first-order chi connectivity index (χ1) is 9.78. The Balaban J connectivity index is 1.09. The summed E-state index contributed by atoms with van der Waals surface area (Å²) in [4.78, 5) is 12.0. The van der Waals surface area contributed by atoms with Crippen molar-refractivity contribution in [2.75, 3.05) is 0 Å². The van der Waals surface area contributed by atoms with Crippen LogP contribution in [0.5, 0.6) is 0 Å². The molecule has 6 fully saturated rings. The highest BCUT2D eigenvalue weighted by Gasteiger charge is 2.66. The summed E-state index contributed by atoms with van der Waals surface area (Å²) >= 11 is 0. The summed E-state index contributed by atoms with van der Waals surface area (Å²) in [6.45, 7) is 0. The fourth-order valence-corrected chi connectivity index (χ4v) is 5.64. The molecule has 6 rings (SSSR count). The van der Waals surface area contributed by atoms with Gasteiger partial charge >= 0.3 is 6.16 Å². The standard InChI is InChI=1S/C15H18O5/c16-15(17-9-3-5-1-7(9)13-11(5)19-13)18-10-4-6-2-8(10)14-12(6)20-14/h5-14H,1-4H2. The number of carbonyl (C=O) groups excluding carboxylic acids is 1. The molecular weight excluding hydrogens is 260 g/mol. The van der Waals surface area contributed by atoms with Gasteiger partial charge in [0.15, 0.2) is 0 Å². The van der Waals surface area contributed by atoms with Crippen molar-refractivity contribution in [1.82, 2.24) is 0 Å². The molecule has 4 saturated carbocycles. The van der Waals surface area contributed by atoms with E-state index < -0.39 is 6.16 Å². The molecule has 2 saturated heterocycles. The molecule has 10 atom stereocenters. The lowest BCUT2D eigenvalue weighted by Crippen LogP contribution is -2.33. The monoisotopic (exact) mass is 278 g/mol. The van der Waals surface area contributed by atoms with Crippen LogP contribution in [0.3, 0.4) is 0 Å². The highest BCUT2D eigenvalue weighted by atomic mass is 16.7. The maximum atomic E-state index is 12.0. The largest absolute Gasteiger partial charge is 0.508 e. The van der Waals surface area contributed by atoms with E-state index in [2.05, 4.69) is 0 Å². The van der Waals surface area contributed by atoms with Crippen molar-refractivity contribution in [3.05, 3.63) is 0 Å². The third kappa shape index (κ3) is 1.29. The molecule has 2 aliphatic heterocycles. The number of rotatable bonds is 2. The zero-order chi connectivity index (χ0) is 13.0. The van der Waals surface area contributed by atoms with Crippen LogP contribution in [0.4, 0.5) is 4.79 Å². The fraction of sp³-hybridized carbons (Fsp3) is 0.933. The zero-order valence-corrected chi connectivity index (χ0v) is 11.1. The summed E-state index contributed by atoms with van der Waals surface area (Å²) in [6.07, 6.45) is 5.55. The van der Waals surface area contributed by atoms with Crippen molar-refractivity contribution in [1.29, 1.82) is 0 Å². The lowest BCUT2D eigenvalue weighted by Gasteiger charge is -2.23. The van der Waals surface area contributed by atoms with Gasteiger partial charge in [-0.1, -0.05) is 0 Å². The SMILES string of the molecule is O=C(OC1CC2CC1C1OC21)OC1CC2CC1C1OC21. The van der Waals surface area contributed by atoms with Gasteiger partial charge in [-0.15, -0.1) is 0 Å². The Hall–Kier alpha value is -0.810. The van der Waals surface area contributed by atoms with E-state index in [1.165, 1.54) is 12.8 Å². The normalized spacial score (nSPS) is 63.0. The molecule has 5 nitrogen and oxygen atoms in total. The smallest absolute Gasteiger partial charge is 0.431 e. The molecule has 5 heteroatoms. The second-order valence-electron chi connectivity index (χ2n) is 7.48. The molecule has 0 aromatic rings. The van der Waals surface area contributed by atoms with Crippen molar-refractivity contribution < 1.29 is 23.7 Å². The van der Waals surface area contributed by atoms with E-state index in [0.29, 0.717) is 48.1 Å². The first-order valence-electron chi connectivity index (χ1n) is 7.96. The number of fused-ring (bicyclic) bond motifs is 10. The molecule has 4 bridgehead atoms. The lowest BCUT2D eigenvalue weighted by molar-refractivity contribution is -0.0271. The zero-order valence-electron chi connectivity index (χ0n) is 11.1. The highest BCUT2D eigenvalue weighted by Crippen LogP contribution is 2.58. The van der Waals surface area contributed by atoms with Crippen LogP contribution >= 0.6 is 0 Å². The summed E-state index contributed by atoms with van der Waals surface area (Å²) in [5.74, 6) is 2.08. The molecule has 4 aliphatic carbocycles. The molecule has 0 aromatic heterocycles. The van der Waals surface area contributed by atoms with E-state index in [1.54, 1.807) is 0 Å². The second-order valence-corrected chi connectivity index (χ2v) is 7.48. The van der Waals surface area contributed by atoms with Gasteiger partial charge in [-0.25, -0.2) is 4.79 Å².